The van der Waals surface area contributed by atoms with Crippen molar-refractivity contribution in [3.63, 3.8) is 0 Å². The van der Waals surface area contributed by atoms with Crippen LogP contribution in [0.5, 0.6) is 0 Å². The van der Waals surface area contributed by atoms with Crippen molar-refractivity contribution < 1.29 is 4.52 Å². The van der Waals surface area contributed by atoms with Gasteiger partial charge in [-0.25, -0.2) is 9.98 Å². The van der Waals surface area contributed by atoms with Gasteiger partial charge in [0.2, 0.25) is 5.82 Å². The molecule has 0 bridgehead atoms. The number of nitrogens with zero attached hydrogens (tertiary/aromatic N) is 4. The largest absolute Gasteiger partial charge is 0.332 e. The third-order valence-electron chi connectivity index (χ3n) is 5.57. The average molecular weight is 376 g/mol. The Hall–Kier alpha value is -3.86. The van der Waals surface area contributed by atoms with E-state index in [9.17, 15) is 0 Å². The van der Waals surface area contributed by atoms with Gasteiger partial charge in [-0.05, 0) is 37.1 Å². The highest BCUT2D eigenvalue weighted by Crippen LogP contribution is 2.35. The Morgan fingerprint density at radius 2 is 1.62 bits per heavy atom. The number of hydrogen-bond acceptors (Lipinski definition) is 5. The highest BCUT2D eigenvalue weighted by Gasteiger charge is 2.25. The van der Waals surface area contributed by atoms with Gasteiger partial charge in [-0.15, -0.1) is 0 Å². The van der Waals surface area contributed by atoms with Gasteiger partial charge in [0.15, 0.2) is 0 Å². The van der Waals surface area contributed by atoms with Crippen LogP contribution < -0.4 is 10.7 Å². The first-order valence-corrected chi connectivity index (χ1v) is 9.52. The number of hydrogen-bond donors (Lipinski definition) is 0. The summed E-state index contributed by atoms with van der Waals surface area (Å²) < 4.78 is 5.57. The topological polar surface area (TPSA) is 63.6 Å². The summed E-state index contributed by atoms with van der Waals surface area (Å²) in [7, 11) is 0. The third-order valence-corrected chi connectivity index (χ3v) is 5.57. The molecule has 0 aliphatic carbocycles. The molecule has 0 N–H and O–H groups in total. The quantitative estimate of drug-likeness (QED) is 0.456. The monoisotopic (exact) mass is 376 g/mol. The molecule has 5 heteroatoms. The van der Waals surface area contributed by atoms with Crippen LogP contribution in [-0.2, 0) is 0 Å². The molecule has 1 aromatic heterocycles. The Balaban J connectivity index is 1.51. The molecule has 0 atom stereocenters. The first-order valence-electron chi connectivity index (χ1n) is 9.52. The van der Waals surface area contributed by atoms with Crippen molar-refractivity contribution in [2.75, 3.05) is 0 Å². The van der Waals surface area contributed by atoms with E-state index in [1.165, 1.54) is 0 Å². The molecule has 2 aliphatic heterocycles. The van der Waals surface area contributed by atoms with E-state index in [2.05, 4.69) is 42.2 Å². The molecule has 0 amide bonds. The normalized spacial score (nSPS) is 13.6. The van der Waals surface area contributed by atoms with Gasteiger partial charge in [0.05, 0.1) is 16.4 Å². The molecule has 3 aromatic carbocycles. The van der Waals surface area contributed by atoms with Crippen LogP contribution in [0.3, 0.4) is 0 Å². The molecule has 4 aromatic rings. The van der Waals surface area contributed by atoms with Crippen molar-refractivity contribution in [3.05, 3.63) is 88.4 Å². The van der Waals surface area contributed by atoms with Gasteiger partial charge in [0, 0.05) is 22.3 Å². The van der Waals surface area contributed by atoms with Crippen LogP contribution >= 0.6 is 0 Å². The van der Waals surface area contributed by atoms with Crippen LogP contribution in [0.25, 0.3) is 33.8 Å². The Labute approximate surface area is 166 Å². The van der Waals surface area contributed by atoms with Crippen molar-refractivity contribution >= 4 is 17.0 Å². The second-order valence-corrected chi connectivity index (χ2v) is 7.30. The lowest BCUT2D eigenvalue weighted by Crippen LogP contribution is -2.18. The Morgan fingerprint density at radius 1 is 0.828 bits per heavy atom. The molecule has 2 aliphatic rings. The highest BCUT2D eigenvalue weighted by atomic mass is 16.5. The van der Waals surface area contributed by atoms with E-state index >= 15 is 0 Å². The SMILES string of the molecule is CC1=C(c2nc(-c3ccccc3)no2)N=c2cc3c(c(C)c21)=Nc1ccccc1-3. The predicted molar refractivity (Wildman–Crippen MR) is 111 cm³/mol. The van der Waals surface area contributed by atoms with E-state index in [1.807, 2.05) is 42.5 Å². The summed E-state index contributed by atoms with van der Waals surface area (Å²) in [6.07, 6.45) is 0. The number of aromatic nitrogens is 2. The minimum atomic E-state index is 0.439. The van der Waals surface area contributed by atoms with Gasteiger partial charge in [-0.1, -0.05) is 53.7 Å². The molecule has 0 saturated carbocycles. The zero-order chi connectivity index (χ0) is 19.5. The van der Waals surface area contributed by atoms with Crippen LogP contribution in [0.2, 0.25) is 0 Å². The number of fused-ring (bicyclic) bond motifs is 4. The van der Waals surface area contributed by atoms with Crippen molar-refractivity contribution in [1.29, 1.82) is 0 Å². The molecule has 138 valence electrons. The maximum Gasteiger partial charge on any atom is 0.277 e. The summed E-state index contributed by atoms with van der Waals surface area (Å²) in [5.41, 5.74) is 8.22. The van der Waals surface area contributed by atoms with E-state index in [0.717, 1.165) is 55.5 Å². The predicted octanol–water partition coefficient (Wildman–Crippen LogP) is 4.50. The number of para-hydroxylation sites is 1. The lowest BCUT2D eigenvalue weighted by Gasteiger charge is -2.05. The zero-order valence-corrected chi connectivity index (χ0v) is 16.0. The Morgan fingerprint density at radius 3 is 2.48 bits per heavy atom. The molecule has 0 spiro atoms. The lowest BCUT2D eigenvalue weighted by atomic mass is 9.96. The maximum atomic E-state index is 5.57. The van der Waals surface area contributed by atoms with Gasteiger partial charge in [-0.3, -0.25) is 0 Å². The van der Waals surface area contributed by atoms with Crippen LogP contribution in [0, 0.1) is 6.92 Å². The minimum absolute atomic E-state index is 0.439. The van der Waals surface area contributed by atoms with E-state index in [-0.39, 0.29) is 0 Å². The smallest absolute Gasteiger partial charge is 0.277 e. The van der Waals surface area contributed by atoms with Crippen molar-refractivity contribution in [2.24, 2.45) is 9.98 Å². The first kappa shape index (κ1) is 16.1. The molecule has 5 nitrogen and oxygen atoms in total. The fourth-order valence-corrected chi connectivity index (χ4v) is 4.18. The third kappa shape index (κ3) is 2.27. The fourth-order valence-electron chi connectivity index (χ4n) is 4.18. The summed E-state index contributed by atoms with van der Waals surface area (Å²) in [6, 6.07) is 20.1. The summed E-state index contributed by atoms with van der Waals surface area (Å²) in [4.78, 5) is 14.3. The molecule has 29 heavy (non-hydrogen) atoms. The Bertz CT molecular complexity index is 1460. The molecule has 0 saturated heterocycles. The summed E-state index contributed by atoms with van der Waals surface area (Å²) in [5.74, 6) is 1.00. The van der Waals surface area contributed by atoms with E-state index < -0.39 is 0 Å². The number of allylic oxidation sites excluding steroid dienone is 1. The summed E-state index contributed by atoms with van der Waals surface area (Å²) >= 11 is 0. The maximum absolute atomic E-state index is 5.57. The highest BCUT2D eigenvalue weighted by molar-refractivity contribution is 5.92. The van der Waals surface area contributed by atoms with Crippen molar-refractivity contribution in [3.8, 4) is 22.5 Å². The molecule has 0 unspecified atom stereocenters. The van der Waals surface area contributed by atoms with Crippen LogP contribution in [0.15, 0.2) is 75.2 Å². The second kappa shape index (κ2) is 5.82. The van der Waals surface area contributed by atoms with E-state index in [4.69, 9.17) is 14.5 Å². The van der Waals surface area contributed by atoms with E-state index in [0.29, 0.717) is 11.7 Å². The Kier molecular flexibility index (Phi) is 3.23. The van der Waals surface area contributed by atoms with Crippen LogP contribution in [-0.4, -0.2) is 10.1 Å². The fraction of sp³-hybridized carbons (Fsp3) is 0.0833. The molecule has 3 heterocycles. The van der Waals surface area contributed by atoms with Gasteiger partial charge in [0.1, 0.15) is 5.70 Å². The van der Waals surface area contributed by atoms with Gasteiger partial charge < -0.3 is 4.52 Å². The molecule has 0 fully saturated rings. The minimum Gasteiger partial charge on any atom is -0.332 e. The molecule has 0 radical (unpaired) electrons. The van der Waals surface area contributed by atoms with Crippen molar-refractivity contribution in [2.45, 2.75) is 13.8 Å². The number of benzene rings is 3. The zero-order valence-electron chi connectivity index (χ0n) is 16.0. The average Bonchev–Trinajstić information content (AvgIpc) is 3.45. The van der Waals surface area contributed by atoms with Crippen molar-refractivity contribution in [1.82, 2.24) is 10.1 Å². The van der Waals surface area contributed by atoms with Gasteiger partial charge in [-0.2, -0.15) is 4.98 Å². The number of rotatable bonds is 2. The second-order valence-electron chi connectivity index (χ2n) is 7.30. The molecular weight excluding hydrogens is 360 g/mol. The van der Waals surface area contributed by atoms with Crippen LogP contribution in [0.4, 0.5) is 5.69 Å². The molecular formula is C24H16N4O. The summed E-state index contributed by atoms with van der Waals surface area (Å²) in [5, 5.41) is 6.10. The first-order chi connectivity index (χ1) is 14.2. The summed E-state index contributed by atoms with van der Waals surface area (Å²) in [6.45, 7) is 4.16. The van der Waals surface area contributed by atoms with Crippen LogP contribution in [0.1, 0.15) is 23.9 Å². The van der Waals surface area contributed by atoms with Gasteiger partial charge >= 0.3 is 0 Å². The van der Waals surface area contributed by atoms with Gasteiger partial charge in [0.25, 0.3) is 5.89 Å². The lowest BCUT2D eigenvalue weighted by molar-refractivity contribution is 0.408. The standard InChI is InChI=1S/C24H16N4O/c1-13-20-14(2)22(24-27-23(28-29-24)15-8-4-3-5-9-15)26-19(20)12-17-16-10-6-7-11-18(16)25-21(13)17/h3-12H,1-2H3. The van der Waals surface area contributed by atoms with E-state index in [1.54, 1.807) is 0 Å². The molecule has 6 rings (SSSR count).